The Morgan fingerprint density at radius 2 is 2.06 bits per heavy atom. The smallest absolute Gasteiger partial charge is 0.387 e. The van der Waals surface area contributed by atoms with Gasteiger partial charge in [0.2, 0.25) is 0 Å². The maximum atomic E-state index is 13.3. The van der Waals surface area contributed by atoms with E-state index in [1.165, 1.54) is 6.07 Å². The fourth-order valence-electron chi connectivity index (χ4n) is 4.64. The van der Waals surface area contributed by atoms with Crippen LogP contribution in [0.2, 0.25) is 0 Å². The highest BCUT2D eigenvalue weighted by Crippen LogP contribution is 2.40. The molecule has 0 unspecified atom stereocenters. The number of benzene rings is 2. The zero-order valence-corrected chi connectivity index (χ0v) is 19.3. The summed E-state index contributed by atoms with van der Waals surface area (Å²) in [6.07, 6.45) is 3.63. The van der Waals surface area contributed by atoms with E-state index < -0.39 is 12.5 Å². The van der Waals surface area contributed by atoms with Gasteiger partial charge >= 0.3 is 6.61 Å². The van der Waals surface area contributed by atoms with E-state index in [-0.39, 0.29) is 17.2 Å². The van der Waals surface area contributed by atoms with Crippen molar-refractivity contribution < 1.29 is 18.3 Å². The summed E-state index contributed by atoms with van der Waals surface area (Å²) < 4.78 is 34.7. The molecule has 0 saturated heterocycles. The van der Waals surface area contributed by atoms with Gasteiger partial charge in [-0.3, -0.25) is 14.2 Å². The van der Waals surface area contributed by atoms with Crippen LogP contribution < -0.4 is 10.1 Å². The normalized spacial score (nSPS) is 15.2. The highest BCUT2D eigenvalue weighted by Gasteiger charge is 2.29. The van der Waals surface area contributed by atoms with Gasteiger partial charge in [-0.1, -0.05) is 6.92 Å². The Kier molecular flexibility index (Phi) is 5.47. The number of aromatic nitrogens is 4. The number of nitrogens with one attached hydrogen (secondary N) is 1. The van der Waals surface area contributed by atoms with Crippen molar-refractivity contribution in [2.45, 2.75) is 32.9 Å². The molecule has 0 bridgehead atoms. The third kappa shape index (κ3) is 3.79. The van der Waals surface area contributed by atoms with Crippen LogP contribution in [0.1, 0.15) is 41.3 Å². The van der Waals surface area contributed by atoms with Crippen LogP contribution in [-0.2, 0) is 13.6 Å². The molecule has 0 aliphatic carbocycles. The number of aryl methyl sites for hydroxylation is 2. The lowest BCUT2D eigenvalue weighted by Crippen LogP contribution is -2.34. The Morgan fingerprint density at radius 1 is 1.26 bits per heavy atom. The van der Waals surface area contributed by atoms with Crippen molar-refractivity contribution >= 4 is 16.8 Å². The largest absolute Gasteiger partial charge is 0.434 e. The second-order valence-electron chi connectivity index (χ2n) is 8.51. The summed E-state index contributed by atoms with van der Waals surface area (Å²) >= 11 is 0. The summed E-state index contributed by atoms with van der Waals surface area (Å²) in [5.74, 6) is -0.766. The molecule has 4 aromatic rings. The Balaban J connectivity index is 1.74. The average molecular weight is 476 g/mol. The van der Waals surface area contributed by atoms with Crippen molar-refractivity contribution in [1.29, 1.82) is 5.26 Å². The zero-order chi connectivity index (χ0) is 24.9. The first-order valence-corrected chi connectivity index (χ1v) is 11.2. The van der Waals surface area contributed by atoms with E-state index in [0.717, 1.165) is 17.7 Å². The van der Waals surface area contributed by atoms with E-state index in [2.05, 4.69) is 21.6 Å². The first kappa shape index (κ1) is 22.5. The molecule has 178 valence electrons. The number of fused-ring (bicyclic) bond motifs is 2. The highest BCUT2D eigenvalue weighted by molar-refractivity contribution is 6.03. The molecule has 1 N–H and O–H groups in total. The third-order valence-corrected chi connectivity index (χ3v) is 6.30. The minimum Gasteiger partial charge on any atom is -0.434 e. The molecule has 2 aromatic carbocycles. The predicted molar refractivity (Wildman–Crippen MR) is 125 cm³/mol. The van der Waals surface area contributed by atoms with Crippen LogP contribution in [0.4, 0.5) is 8.78 Å². The van der Waals surface area contributed by atoms with Gasteiger partial charge in [-0.05, 0) is 48.2 Å². The summed E-state index contributed by atoms with van der Waals surface area (Å²) in [6, 6.07) is 9.12. The lowest BCUT2D eigenvalue weighted by molar-refractivity contribution is -0.0502. The van der Waals surface area contributed by atoms with Crippen LogP contribution in [0, 0.1) is 11.3 Å². The number of hydrogen-bond acceptors (Lipinski definition) is 5. The van der Waals surface area contributed by atoms with Gasteiger partial charge in [0.05, 0.1) is 34.6 Å². The molecule has 0 spiro atoms. The average Bonchev–Trinajstić information content (AvgIpc) is 3.44. The van der Waals surface area contributed by atoms with E-state index in [0.29, 0.717) is 39.8 Å². The first-order chi connectivity index (χ1) is 16.8. The molecule has 0 radical (unpaired) electrons. The number of carbonyl (C=O) groups is 1. The van der Waals surface area contributed by atoms with Gasteiger partial charge in [-0.25, -0.2) is 0 Å². The molecule has 2 aromatic heterocycles. The molecule has 1 atom stereocenters. The SMILES string of the molecule is CCn1cc(-c2cc(C#N)c3c(-c4cc(OC(F)F)c5c(c4)[C@@H](C)CNC5=O)n(C)nc3c2)cn1. The van der Waals surface area contributed by atoms with Crippen LogP contribution in [0.15, 0.2) is 36.7 Å². The van der Waals surface area contributed by atoms with Crippen molar-refractivity contribution in [2.24, 2.45) is 7.05 Å². The van der Waals surface area contributed by atoms with Gasteiger partial charge in [-0.2, -0.15) is 24.2 Å². The predicted octanol–water partition coefficient (Wildman–Crippen LogP) is 4.44. The maximum absolute atomic E-state index is 13.3. The molecule has 3 heterocycles. The van der Waals surface area contributed by atoms with Gasteiger partial charge in [0.25, 0.3) is 5.91 Å². The molecule has 1 aliphatic heterocycles. The molecule has 10 heteroatoms. The lowest BCUT2D eigenvalue weighted by atomic mass is 9.88. The maximum Gasteiger partial charge on any atom is 0.387 e. The number of amides is 1. The Labute approximate surface area is 199 Å². The molecular weight excluding hydrogens is 454 g/mol. The van der Waals surface area contributed by atoms with Crippen LogP contribution in [0.25, 0.3) is 33.3 Å². The molecule has 1 amide bonds. The van der Waals surface area contributed by atoms with Crippen molar-refractivity contribution in [3.63, 3.8) is 0 Å². The van der Waals surface area contributed by atoms with Crippen LogP contribution in [0.5, 0.6) is 5.75 Å². The molecule has 0 saturated carbocycles. The van der Waals surface area contributed by atoms with Crippen LogP contribution in [-0.4, -0.2) is 38.6 Å². The van der Waals surface area contributed by atoms with Crippen molar-refractivity contribution in [3.8, 4) is 34.2 Å². The Hall–Kier alpha value is -4.26. The quantitative estimate of drug-likeness (QED) is 0.459. The number of carbonyl (C=O) groups excluding carboxylic acids is 1. The second kappa shape index (κ2) is 8.51. The van der Waals surface area contributed by atoms with Crippen LogP contribution >= 0.6 is 0 Å². The third-order valence-electron chi connectivity index (χ3n) is 6.30. The number of rotatable bonds is 5. The van der Waals surface area contributed by atoms with Crippen molar-refractivity contribution in [2.75, 3.05) is 6.54 Å². The molecule has 8 nitrogen and oxygen atoms in total. The minimum atomic E-state index is -3.09. The van der Waals surface area contributed by atoms with Crippen LogP contribution in [0.3, 0.4) is 0 Å². The topological polar surface area (TPSA) is 97.8 Å². The van der Waals surface area contributed by atoms with E-state index in [4.69, 9.17) is 4.74 Å². The summed E-state index contributed by atoms with van der Waals surface area (Å²) in [4.78, 5) is 12.5. The molecule has 0 fully saturated rings. The molecule has 35 heavy (non-hydrogen) atoms. The number of hydrogen-bond donors (Lipinski definition) is 1. The molecule has 5 rings (SSSR count). The first-order valence-electron chi connectivity index (χ1n) is 11.2. The summed E-state index contributed by atoms with van der Waals surface area (Å²) in [5.41, 5.74) is 4.47. The number of ether oxygens (including phenoxy) is 1. The lowest BCUT2D eigenvalue weighted by Gasteiger charge is -2.25. The van der Waals surface area contributed by atoms with Gasteiger partial charge in [0, 0.05) is 42.8 Å². The van der Waals surface area contributed by atoms with Gasteiger partial charge in [0.15, 0.2) is 0 Å². The summed E-state index contributed by atoms with van der Waals surface area (Å²) in [6.45, 7) is 1.90. The highest BCUT2D eigenvalue weighted by atomic mass is 19.3. The number of nitriles is 1. The monoisotopic (exact) mass is 476 g/mol. The number of alkyl halides is 2. The van der Waals surface area contributed by atoms with E-state index >= 15 is 0 Å². The van der Waals surface area contributed by atoms with E-state index in [1.54, 1.807) is 34.7 Å². The number of halogens is 2. The summed E-state index contributed by atoms with van der Waals surface area (Å²) in [5, 5.41) is 22.2. The summed E-state index contributed by atoms with van der Waals surface area (Å²) in [7, 11) is 1.73. The van der Waals surface area contributed by atoms with Gasteiger partial charge < -0.3 is 10.1 Å². The van der Waals surface area contributed by atoms with Gasteiger partial charge in [0.1, 0.15) is 5.75 Å². The molecule has 1 aliphatic rings. The van der Waals surface area contributed by atoms with Crippen molar-refractivity contribution in [3.05, 3.63) is 53.3 Å². The Bertz CT molecular complexity index is 1510. The zero-order valence-electron chi connectivity index (χ0n) is 19.3. The van der Waals surface area contributed by atoms with Crippen molar-refractivity contribution in [1.82, 2.24) is 24.9 Å². The Morgan fingerprint density at radius 3 is 2.74 bits per heavy atom. The molecular formula is C25H22F2N6O2. The fraction of sp³-hybridized carbons (Fsp3) is 0.280. The van der Waals surface area contributed by atoms with Gasteiger partial charge in [-0.15, -0.1) is 0 Å². The van der Waals surface area contributed by atoms with E-state index in [9.17, 15) is 18.8 Å². The fourth-order valence-corrected chi connectivity index (χ4v) is 4.64. The standard InChI is InChI=1S/C25H22F2N6O2/c1-4-33-12-17(11-30-33)14-5-16(9-28)21-19(7-14)31-32(3)23(21)15-6-18-13(2)10-29-24(34)22(18)20(8-15)35-25(26)27/h5-8,11-13,25H,4,10H2,1-3H3,(H,29,34)/t13-/m0/s1. The second-order valence-corrected chi connectivity index (χ2v) is 8.51. The van der Waals surface area contributed by atoms with E-state index in [1.807, 2.05) is 26.1 Å². The minimum absolute atomic E-state index is 0.106. The number of nitrogens with zero attached hydrogens (tertiary/aromatic N) is 5.